The molecule has 9 heteroatoms. The van der Waals surface area contributed by atoms with Gasteiger partial charge >= 0.3 is 0 Å². The van der Waals surface area contributed by atoms with E-state index in [1.54, 1.807) is 20.8 Å². The third-order valence-electron chi connectivity index (χ3n) is 3.64. The smallest absolute Gasteiger partial charge is 0.248 e. The maximum atomic E-state index is 12.7. The molecule has 1 fully saturated rings. The highest BCUT2D eigenvalue weighted by atomic mass is 32.2. The van der Waals surface area contributed by atoms with E-state index in [0.717, 1.165) is 0 Å². The number of hydroxylamine groups is 1. The largest absolute Gasteiger partial charge is 0.360 e. The number of nitrogens with zero attached hydrogens (tertiary/aromatic N) is 2. The summed E-state index contributed by atoms with van der Waals surface area (Å²) in [7, 11) is -3.71. The van der Waals surface area contributed by atoms with E-state index in [0.29, 0.717) is 31.7 Å². The highest BCUT2D eigenvalue weighted by Crippen LogP contribution is 2.27. The SMILES string of the molecule is CCONC(=O)C1CCCN(S(=O)(=O)c2c(C)noc2C)C1. The molecule has 1 unspecified atom stereocenters. The van der Waals surface area contributed by atoms with Crippen LogP contribution in [-0.4, -0.2) is 43.5 Å². The summed E-state index contributed by atoms with van der Waals surface area (Å²) in [4.78, 5) is 16.9. The van der Waals surface area contributed by atoms with Crippen molar-refractivity contribution in [3.05, 3.63) is 11.5 Å². The fourth-order valence-electron chi connectivity index (χ4n) is 2.57. The van der Waals surface area contributed by atoms with Gasteiger partial charge in [0, 0.05) is 13.1 Å². The van der Waals surface area contributed by atoms with Crippen molar-refractivity contribution in [1.82, 2.24) is 14.9 Å². The first-order valence-electron chi connectivity index (χ1n) is 7.22. The molecule has 0 spiro atoms. The fourth-order valence-corrected chi connectivity index (χ4v) is 4.39. The van der Waals surface area contributed by atoms with Gasteiger partial charge in [0.15, 0.2) is 5.76 Å². The molecular formula is C13H21N3O5S. The van der Waals surface area contributed by atoms with Gasteiger partial charge in [-0.15, -0.1) is 0 Å². The minimum atomic E-state index is -3.71. The normalized spacial score (nSPS) is 20.0. The van der Waals surface area contributed by atoms with Crippen LogP contribution in [0.15, 0.2) is 9.42 Å². The first kappa shape index (κ1) is 16.9. The van der Waals surface area contributed by atoms with Crippen molar-refractivity contribution in [3.8, 4) is 0 Å². The third-order valence-corrected chi connectivity index (χ3v) is 5.75. The minimum Gasteiger partial charge on any atom is -0.360 e. The topological polar surface area (TPSA) is 102 Å². The predicted molar refractivity (Wildman–Crippen MR) is 77.2 cm³/mol. The summed E-state index contributed by atoms with van der Waals surface area (Å²) in [5.74, 6) is -0.450. The molecule has 22 heavy (non-hydrogen) atoms. The number of aryl methyl sites for hydroxylation is 2. The molecule has 0 radical (unpaired) electrons. The van der Waals surface area contributed by atoms with Crippen molar-refractivity contribution >= 4 is 15.9 Å². The average Bonchev–Trinajstić information content (AvgIpc) is 2.84. The number of amides is 1. The number of rotatable bonds is 5. The summed E-state index contributed by atoms with van der Waals surface area (Å²) in [5.41, 5.74) is 2.67. The second kappa shape index (κ2) is 6.76. The zero-order valence-electron chi connectivity index (χ0n) is 13.0. The quantitative estimate of drug-likeness (QED) is 0.799. The molecule has 1 amide bonds. The van der Waals surface area contributed by atoms with E-state index in [1.807, 2.05) is 0 Å². The second-order valence-corrected chi connectivity index (χ2v) is 7.13. The lowest BCUT2D eigenvalue weighted by Crippen LogP contribution is -2.45. The van der Waals surface area contributed by atoms with Crippen molar-refractivity contribution in [2.75, 3.05) is 19.7 Å². The van der Waals surface area contributed by atoms with Gasteiger partial charge in [-0.2, -0.15) is 4.31 Å². The van der Waals surface area contributed by atoms with Crippen LogP contribution in [-0.2, 0) is 19.7 Å². The first-order chi connectivity index (χ1) is 10.4. The van der Waals surface area contributed by atoms with Crippen LogP contribution in [0.5, 0.6) is 0 Å². The third kappa shape index (κ3) is 3.31. The molecule has 2 rings (SSSR count). The molecular weight excluding hydrogens is 310 g/mol. The van der Waals surface area contributed by atoms with Crippen molar-refractivity contribution < 1.29 is 22.6 Å². The Bertz CT molecular complexity index is 621. The number of hydrogen-bond donors (Lipinski definition) is 1. The molecule has 2 heterocycles. The maximum Gasteiger partial charge on any atom is 0.248 e. The van der Waals surface area contributed by atoms with Gasteiger partial charge in [-0.05, 0) is 33.6 Å². The van der Waals surface area contributed by atoms with Crippen LogP contribution in [0.2, 0.25) is 0 Å². The number of nitrogens with one attached hydrogen (secondary N) is 1. The molecule has 1 aliphatic heterocycles. The number of piperidine rings is 1. The van der Waals surface area contributed by atoms with Crippen LogP contribution < -0.4 is 5.48 Å². The lowest BCUT2D eigenvalue weighted by Gasteiger charge is -2.30. The van der Waals surface area contributed by atoms with Crippen LogP contribution in [0.1, 0.15) is 31.2 Å². The summed E-state index contributed by atoms with van der Waals surface area (Å²) in [5, 5.41) is 3.69. The van der Waals surface area contributed by atoms with Gasteiger partial charge in [0.05, 0.1) is 12.5 Å². The summed E-state index contributed by atoms with van der Waals surface area (Å²) in [6.45, 7) is 5.79. The lowest BCUT2D eigenvalue weighted by molar-refractivity contribution is -0.138. The van der Waals surface area contributed by atoms with Gasteiger partial charge in [-0.3, -0.25) is 9.63 Å². The van der Waals surface area contributed by atoms with Gasteiger partial charge in [-0.1, -0.05) is 5.16 Å². The fraction of sp³-hybridized carbons (Fsp3) is 0.692. The molecule has 0 aliphatic carbocycles. The Morgan fingerprint density at radius 1 is 1.50 bits per heavy atom. The molecule has 1 aromatic rings. The number of hydrogen-bond acceptors (Lipinski definition) is 6. The number of aromatic nitrogens is 1. The van der Waals surface area contributed by atoms with E-state index in [1.165, 1.54) is 4.31 Å². The van der Waals surface area contributed by atoms with E-state index in [4.69, 9.17) is 9.36 Å². The molecule has 8 nitrogen and oxygen atoms in total. The standard InChI is InChI=1S/C13H21N3O5S/c1-4-20-15-13(17)11-6-5-7-16(8-11)22(18,19)12-9(2)14-21-10(12)3/h11H,4-8H2,1-3H3,(H,15,17). The Morgan fingerprint density at radius 3 is 2.82 bits per heavy atom. The lowest BCUT2D eigenvalue weighted by atomic mass is 9.99. The van der Waals surface area contributed by atoms with E-state index in [2.05, 4.69) is 10.6 Å². The Hall–Kier alpha value is -1.45. The van der Waals surface area contributed by atoms with Gasteiger partial charge < -0.3 is 4.52 Å². The zero-order chi connectivity index (χ0) is 16.3. The van der Waals surface area contributed by atoms with Gasteiger partial charge in [0.2, 0.25) is 15.9 Å². The zero-order valence-corrected chi connectivity index (χ0v) is 13.8. The Labute approximate surface area is 129 Å². The number of carbonyl (C=O) groups is 1. The van der Waals surface area contributed by atoms with Crippen molar-refractivity contribution in [2.24, 2.45) is 5.92 Å². The van der Waals surface area contributed by atoms with E-state index in [-0.39, 0.29) is 23.1 Å². The summed E-state index contributed by atoms with van der Waals surface area (Å²) in [6.07, 6.45) is 1.25. The van der Waals surface area contributed by atoms with Crippen LogP contribution >= 0.6 is 0 Å². The molecule has 1 saturated heterocycles. The second-order valence-electron chi connectivity index (χ2n) is 5.25. The van der Waals surface area contributed by atoms with Crippen molar-refractivity contribution in [3.63, 3.8) is 0 Å². The first-order valence-corrected chi connectivity index (χ1v) is 8.66. The van der Waals surface area contributed by atoms with Gasteiger partial charge in [-0.25, -0.2) is 13.9 Å². The van der Waals surface area contributed by atoms with Crippen LogP contribution in [0.25, 0.3) is 0 Å². The van der Waals surface area contributed by atoms with Crippen LogP contribution in [0.3, 0.4) is 0 Å². The predicted octanol–water partition coefficient (Wildman–Crippen LogP) is 0.760. The Balaban J connectivity index is 2.17. The molecule has 1 aromatic heterocycles. The van der Waals surface area contributed by atoms with E-state index >= 15 is 0 Å². The number of sulfonamides is 1. The highest BCUT2D eigenvalue weighted by Gasteiger charge is 2.36. The van der Waals surface area contributed by atoms with E-state index < -0.39 is 15.9 Å². The van der Waals surface area contributed by atoms with Gasteiger partial charge in [0.25, 0.3) is 0 Å². The molecule has 0 aromatic carbocycles. The minimum absolute atomic E-state index is 0.0957. The van der Waals surface area contributed by atoms with Crippen LogP contribution in [0.4, 0.5) is 0 Å². The molecule has 1 atom stereocenters. The average molecular weight is 331 g/mol. The number of carbonyl (C=O) groups excluding carboxylic acids is 1. The van der Waals surface area contributed by atoms with E-state index in [9.17, 15) is 13.2 Å². The van der Waals surface area contributed by atoms with Crippen molar-refractivity contribution in [1.29, 1.82) is 0 Å². The molecule has 124 valence electrons. The Morgan fingerprint density at radius 2 is 2.23 bits per heavy atom. The summed E-state index contributed by atoms with van der Waals surface area (Å²) < 4.78 is 31.7. The van der Waals surface area contributed by atoms with Crippen molar-refractivity contribution in [2.45, 2.75) is 38.5 Å². The summed E-state index contributed by atoms with van der Waals surface area (Å²) >= 11 is 0. The maximum absolute atomic E-state index is 12.7. The summed E-state index contributed by atoms with van der Waals surface area (Å²) in [6, 6.07) is 0. The molecule has 0 saturated carbocycles. The molecule has 0 bridgehead atoms. The monoisotopic (exact) mass is 331 g/mol. The molecule has 1 aliphatic rings. The Kier molecular flexibility index (Phi) is 5.20. The van der Waals surface area contributed by atoms with Gasteiger partial charge in [0.1, 0.15) is 10.6 Å². The van der Waals surface area contributed by atoms with Crippen LogP contribution in [0, 0.1) is 19.8 Å². The highest BCUT2D eigenvalue weighted by molar-refractivity contribution is 7.89. The molecule has 1 N–H and O–H groups in total.